The van der Waals surface area contributed by atoms with E-state index >= 15 is 0 Å². The fourth-order valence-corrected chi connectivity index (χ4v) is 2.00. The van der Waals surface area contributed by atoms with Crippen LogP contribution in [0.1, 0.15) is 30.1 Å². The van der Waals surface area contributed by atoms with Gasteiger partial charge in [-0.3, -0.25) is 4.79 Å². The Bertz CT molecular complexity index is 382. The van der Waals surface area contributed by atoms with Gasteiger partial charge in [0.05, 0.1) is 0 Å². The van der Waals surface area contributed by atoms with Crippen LogP contribution in [0.4, 0.5) is 5.69 Å². The van der Waals surface area contributed by atoms with Crippen molar-refractivity contribution in [3.8, 4) is 0 Å². The second-order valence-corrected chi connectivity index (χ2v) is 4.51. The topological polar surface area (TPSA) is 67.2 Å². The van der Waals surface area contributed by atoms with Crippen LogP contribution in [0.2, 0.25) is 0 Å². The molecule has 0 spiro atoms. The van der Waals surface area contributed by atoms with Crippen molar-refractivity contribution in [1.82, 2.24) is 5.32 Å². The first-order valence-electron chi connectivity index (χ1n) is 6.09. The quantitative estimate of drug-likeness (QED) is 0.735. The fourth-order valence-electron chi connectivity index (χ4n) is 2.00. The third-order valence-electron chi connectivity index (χ3n) is 3.03. The van der Waals surface area contributed by atoms with E-state index in [-0.39, 0.29) is 5.91 Å². The molecule has 1 aromatic rings. The Hall–Kier alpha value is -1.55. The van der Waals surface area contributed by atoms with Crippen molar-refractivity contribution in [2.45, 2.75) is 31.8 Å². The number of hydrogen-bond donors (Lipinski definition) is 3. The van der Waals surface area contributed by atoms with Gasteiger partial charge >= 0.3 is 0 Å². The molecule has 2 rings (SSSR count). The number of nitrogens with one attached hydrogen (secondary N) is 2. The van der Waals surface area contributed by atoms with Crippen molar-refractivity contribution in [3.63, 3.8) is 0 Å². The van der Waals surface area contributed by atoms with Gasteiger partial charge in [-0.15, -0.1) is 0 Å². The first-order valence-corrected chi connectivity index (χ1v) is 6.09. The second-order valence-electron chi connectivity index (χ2n) is 4.51. The van der Waals surface area contributed by atoms with Gasteiger partial charge in [-0.2, -0.15) is 0 Å². The van der Waals surface area contributed by atoms with E-state index in [1.165, 1.54) is 0 Å². The zero-order valence-corrected chi connectivity index (χ0v) is 10.1. The van der Waals surface area contributed by atoms with Crippen LogP contribution in [0.3, 0.4) is 0 Å². The minimum Gasteiger partial charge on any atom is -0.382 e. The summed E-state index contributed by atoms with van der Waals surface area (Å²) >= 11 is 0. The molecule has 0 unspecified atom stereocenters. The molecule has 17 heavy (non-hydrogen) atoms. The highest BCUT2D eigenvalue weighted by Crippen LogP contribution is 2.22. The lowest BCUT2D eigenvalue weighted by molar-refractivity contribution is 0.0956. The Morgan fingerprint density at radius 1 is 1.35 bits per heavy atom. The molecule has 0 heterocycles. The standard InChI is InChI=1S/C13H19N3O/c1-2-15-13(17)9-3-5-11(6-4-9)16-12-7-10(14)8-12/h3-6,10,12,16H,2,7-8,14H2,1H3,(H,15,17). The van der Waals surface area contributed by atoms with Gasteiger partial charge < -0.3 is 16.4 Å². The molecule has 0 saturated heterocycles. The minimum absolute atomic E-state index is 0.0234. The van der Waals surface area contributed by atoms with E-state index in [9.17, 15) is 4.79 Å². The van der Waals surface area contributed by atoms with E-state index in [4.69, 9.17) is 5.73 Å². The molecule has 1 aromatic carbocycles. The van der Waals surface area contributed by atoms with Gasteiger partial charge in [0.25, 0.3) is 5.91 Å². The van der Waals surface area contributed by atoms with E-state index in [1.54, 1.807) is 0 Å². The summed E-state index contributed by atoms with van der Waals surface area (Å²) in [6.07, 6.45) is 2.05. The van der Waals surface area contributed by atoms with E-state index in [0.717, 1.165) is 18.5 Å². The summed E-state index contributed by atoms with van der Waals surface area (Å²) in [6, 6.07) is 8.39. The van der Waals surface area contributed by atoms with Crippen molar-refractivity contribution in [1.29, 1.82) is 0 Å². The van der Waals surface area contributed by atoms with Gasteiger partial charge in [0, 0.05) is 29.9 Å². The zero-order valence-electron chi connectivity index (χ0n) is 10.1. The largest absolute Gasteiger partial charge is 0.382 e. The molecule has 0 bridgehead atoms. The van der Waals surface area contributed by atoms with Gasteiger partial charge in [-0.25, -0.2) is 0 Å². The van der Waals surface area contributed by atoms with E-state index in [1.807, 2.05) is 31.2 Å². The monoisotopic (exact) mass is 233 g/mol. The molecule has 0 aliphatic heterocycles. The molecule has 1 amide bonds. The number of benzene rings is 1. The Morgan fingerprint density at radius 2 is 2.00 bits per heavy atom. The molecule has 0 radical (unpaired) electrons. The number of anilines is 1. The lowest BCUT2D eigenvalue weighted by Crippen LogP contribution is -2.44. The molecule has 1 aliphatic rings. The summed E-state index contributed by atoms with van der Waals surface area (Å²) in [6.45, 7) is 2.56. The van der Waals surface area contributed by atoms with Crippen LogP contribution in [0.15, 0.2) is 24.3 Å². The van der Waals surface area contributed by atoms with Crippen molar-refractivity contribution in [2.75, 3.05) is 11.9 Å². The summed E-state index contributed by atoms with van der Waals surface area (Å²) in [5, 5.41) is 6.17. The number of amides is 1. The molecule has 1 fully saturated rings. The lowest BCUT2D eigenvalue weighted by atomic mass is 9.87. The van der Waals surface area contributed by atoms with Crippen molar-refractivity contribution in [3.05, 3.63) is 29.8 Å². The molecule has 1 aliphatic carbocycles. The molecule has 1 saturated carbocycles. The van der Waals surface area contributed by atoms with E-state index in [2.05, 4.69) is 10.6 Å². The summed E-state index contributed by atoms with van der Waals surface area (Å²) in [5.74, 6) is -0.0234. The van der Waals surface area contributed by atoms with Crippen LogP contribution < -0.4 is 16.4 Å². The van der Waals surface area contributed by atoms with Crippen molar-refractivity contribution < 1.29 is 4.79 Å². The molecule has 92 valence electrons. The predicted molar refractivity (Wildman–Crippen MR) is 69.1 cm³/mol. The molecule has 0 atom stereocenters. The summed E-state index contributed by atoms with van der Waals surface area (Å²) in [5.41, 5.74) is 7.47. The van der Waals surface area contributed by atoms with Gasteiger partial charge in [0.15, 0.2) is 0 Å². The van der Waals surface area contributed by atoms with Crippen LogP contribution in [0, 0.1) is 0 Å². The van der Waals surface area contributed by atoms with Crippen LogP contribution in [0.5, 0.6) is 0 Å². The van der Waals surface area contributed by atoms with E-state index < -0.39 is 0 Å². The van der Waals surface area contributed by atoms with Gasteiger partial charge in [-0.1, -0.05) is 0 Å². The van der Waals surface area contributed by atoms with Crippen LogP contribution in [-0.2, 0) is 0 Å². The van der Waals surface area contributed by atoms with Gasteiger partial charge in [0.1, 0.15) is 0 Å². The van der Waals surface area contributed by atoms with E-state index in [0.29, 0.717) is 24.2 Å². The second kappa shape index (κ2) is 5.19. The maximum Gasteiger partial charge on any atom is 0.251 e. The smallest absolute Gasteiger partial charge is 0.251 e. The average molecular weight is 233 g/mol. The number of rotatable bonds is 4. The lowest BCUT2D eigenvalue weighted by Gasteiger charge is -2.33. The Labute approximate surface area is 102 Å². The van der Waals surface area contributed by atoms with Crippen molar-refractivity contribution in [2.24, 2.45) is 5.73 Å². The molecule has 4 heteroatoms. The number of carbonyl (C=O) groups excluding carboxylic acids is 1. The van der Waals surface area contributed by atoms with Crippen LogP contribution in [-0.4, -0.2) is 24.5 Å². The molecular formula is C13H19N3O. The number of carbonyl (C=O) groups is 1. The third-order valence-corrected chi connectivity index (χ3v) is 3.03. The van der Waals surface area contributed by atoms with Gasteiger partial charge in [0.2, 0.25) is 0 Å². The van der Waals surface area contributed by atoms with Gasteiger partial charge in [-0.05, 0) is 44.0 Å². The highest BCUT2D eigenvalue weighted by molar-refractivity contribution is 5.94. The maximum atomic E-state index is 11.5. The summed E-state index contributed by atoms with van der Waals surface area (Å²) < 4.78 is 0. The maximum absolute atomic E-state index is 11.5. The minimum atomic E-state index is -0.0234. The Morgan fingerprint density at radius 3 is 2.53 bits per heavy atom. The SMILES string of the molecule is CCNC(=O)c1ccc(NC2CC(N)C2)cc1. The third kappa shape index (κ3) is 2.97. The highest BCUT2D eigenvalue weighted by atomic mass is 16.1. The van der Waals surface area contributed by atoms with Crippen molar-refractivity contribution >= 4 is 11.6 Å². The summed E-state index contributed by atoms with van der Waals surface area (Å²) in [7, 11) is 0. The fraction of sp³-hybridized carbons (Fsp3) is 0.462. The first-order chi connectivity index (χ1) is 8.19. The van der Waals surface area contributed by atoms with Crippen LogP contribution in [0.25, 0.3) is 0 Å². The molecular weight excluding hydrogens is 214 g/mol. The first kappa shape index (κ1) is 11.9. The number of nitrogens with two attached hydrogens (primary N) is 1. The summed E-state index contributed by atoms with van der Waals surface area (Å²) in [4.78, 5) is 11.5. The van der Waals surface area contributed by atoms with Crippen LogP contribution >= 0.6 is 0 Å². The molecule has 4 nitrogen and oxygen atoms in total. The average Bonchev–Trinajstić information content (AvgIpc) is 2.28. The predicted octanol–water partition coefficient (Wildman–Crippen LogP) is 1.34. The Balaban J connectivity index is 1.91. The normalized spacial score (nSPS) is 22.7. The molecule has 0 aromatic heterocycles. The Kier molecular flexibility index (Phi) is 3.64. The molecule has 4 N–H and O–H groups in total. The number of hydrogen-bond acceptors (Lipinski definition) is 3. The zero-order chi connectivity index (χ0) is 12.3. The highest BCUT2D eigenvalue weighted by Gasteiger charge is 2.25.